The van der Waals surface area contributed by atoms with Crippen molar-refractivity contribution in [2.45, 2.75) is 44.7 Å². The van der Waals surface area contributed by atoms with E-state index in [-0.39, 0.29) is 11.9 Å². The van der Waals surface area contributed by atoms with Crippen LogP contribution in [-0.2, 0) is 4.79 Å². The molecule has 1 atom stereocenters. The minimum Gasteiger partial charge on any atom is -0.353 e. The predicted molar refractivity (Wildman–Crippen MR) is 58.1 cm³/mol. The van der Waals surface area contributed by atoms with Gasteiger partial charge in [0.2, 0.25) is 5.91 Å². The highest BCUT2D eigenvalue weighted by Gasteiger charge is 2.23. The summed E-state index contributed by atoms with van der Waals surface area (Å²) in [7, 11) is 1.95. The first-order valence-electron chi connectivity index (χ1n) is 5.50. The highest BCUT2D eigenvalue weighted by Crippen LogP contribution is 2.18. The summed E-state index contributed by atoms with van der Waals surface area (Å²) >= 11 is 0. The Labute approximate surface area is 91.2 Å². The molecule has 0 aromatic heterocycles. The van der Waals surface area contributed by atoms with Crippen molar-refractivity contribution in [3.63, 3.8) is 0 Å². The molecule has 1 N–H and O–H groups in total. The Morgan fingerprint density at radius 3 is 2.87 bits per heavy atom. The molecule has 4 heteroatoms. The monoisotopic (exact) mass is 209 g/mol. The molecule has 0 bridgehead atoms. The van der Waals surface area contributed by atoms with E-state index in [1.54, 1.807) is 0 Å². The highest BCUT2D eigenvalue weighted by atomic mass is 16.1. The number of nitrogens with one attached hydrogen (secondary N) is 1. The van der Waals surface area contributed by atoms with Gasteiger partial charge in [0, 0.05) is 25.0 Å². The summed E-state index contributed by atoms with van der Waals surface area (Å²) in [6, 6.07) is 2.81. The molecule has 0 heterocycles. The van der Waals surface area contributed by atoms with Gasteiger partial charge in [-0.15, -0.1) is 0 Å². The quantitative estimate of drug-likeness (QED) is 0.706. The average molecular weight is 209 g/mol. The van der Waals surface area contributed by atoms with Crippen LogP contribution in [0.3, 0.4) is 0 Å². The molecule has 1 saturated carbocycles. The third-order valence-corrected chi connectivity index (χ3v) is 2.77. The van der Waals surface area contributed by atoms with Crippen LogP contribution >= 0.6 is 0 Å². The van der Waals surface area contributed by atoms with Crippen molar-refractivity contribution in [2.24, 2.45) is 0 Å². The van der Waals surface area contributed by atoms with Gasteiger partial charge in [0.15, 0.2) is 0 Å². The van der Waals surface area contributed by atoms with E-state index in [4.69, 9.17) is 5.26 Å². The van der Waals surface area contributed by atoms with Crippen LogP contribution in [0, 0.1) is 11.3 Å². The van der Waals surface area contributed by atoms with E-state index in [1.165, 1.54) is 0 Å². The van der Waals surface area contributed by atoms with Crippen molar-refractivity contribution in [3.05, 3.63) is 0 Å². The Kier molecular flexibility index (Phi) is 4.57. The maximum absolute atomic E-state index is 11.4. The van der Waals surface area contributed by atoms with Gasteiger partial charge in [-0.05, 0) is 26.8 Å². The number of rotatable bonds is 6. The summed E-state index contributed by atoms with van der Waals surface area (Å²) in [5.41, 5.74) is 0. The molecule has 1 aliphatic carbocycles. The first-order chi connectivity index (χ1) is 7.13. The average Bonchev–Trinajstić information content (AvgIpc) is 2.98. The zero-order valence-electron chi connectivity index (χ0n) is 9.49. The van der Waals surface area contributed by atoms with Gasteiger partial charge in [-0.25, -0.2) is 0 Å². The second kappa shape index (κ2) is 5.72. The highest BCUT2D eigenvalue weighted by molar-refractivity contribution is 5.76. The maximum Gasteiger partial charge on any atom is 0.221 e. The van der Waals surface area contributed by atoms with E-state index in [0.29, 0.717) is 18.9 Å². The molecule has 4 nitrogen and oxygen atoms in total. The van der Waals surface area contributed by atoms with Gasteiger partial charge in [-0.2, -0.15) is 5.26 Å². The van der Waals surface area contributed by atoms with Crippen molar-refractivity contribution in [2.75, 3.05) is 13.6 Å². The fourth-order valence-electron chi connectivity index (χ4n) is 1.31. The molecule has 0 spiro atoms. The number of carbonyl (C=O) groups excluding carboxylic acids is 1. The summed E-state index contributed by atoms with van der Waals surface area (Å²) in [4.78, 5) is 13.4. The van der Waals surface area contributed by atoms with E-state index >= 15 is 0 Å². The van der Waals surface area contributed by atoms with Gasteiger partial charge >= 0.3 is 0 Å². The molecule has 0 aromatic rings. The molecule has 0 aliphatic heterocycles. The van der Waals surface area contributed by atoms with Crippen LogP contribution in [0.15, 0.2) is 0 Å². The fourth-order valence-corrected chi connectivity index (χ4v) is 1.31. The van der Waals surface area contributed by atoms with Gasteiger partial charge in [0.1, 0.15) is 0 Å². The molecule has 0 aromatic carbocycles. The van der Waals surface area contributed by atoms with Gasteiger partial charge < -0.3 is 10.2 Å². The second-order valence-electron chi connectivity index (χ2n) is 4.28. The lowest BCUT2D eigenvalue weighted by atomic mass is 10.2. The van der Waals surface area contributed by atoms with Crippen LogP contribution in [0.1, 0.15) is 32.6 Å². The molecular formula is C11H19N3O. The van der Waals surface area contributed by atoms with Crippen molar-refractivity contribution >= 4 is 5.91 Å². The van der Waals surface area contributed by atoms with E-state index in [2.05, 4.69) is 16.3 Å². The van der Waals surface area contributed by atoms with Crippen molar-refractivity contribution < 1.29 is 4.79 Å². The number of nitriles is 1. The van der Waals surface area contributed by atoms with E-state index in [0.717, 1.165) is 19.4 Å². The van der Waals surface area contributed by atoms with Gasteiger partial charge in [0.25, 0.3) is 0 Å². The molecule has 1 aliphatic rings. The third kappa shape index (κ3) is 4.80. The zero-order valence-corrected chi connectivity index (χ0v) is 9.49. The Hall–Kier alpha value is -1.08. The first kappa shape index (κ1) is 12.0. The van der Waals surface area contributed by atoms with E-state index in [9.17, 15) is 4.79 Å². The second-order valence-corrected chi connectivity index (χ2v) is 4.28. The van der Waals surface area contributed by atoms with Gasteiger partial charge in [-0.3, -0.25) is 4.79 Å². The Morgan fingerprint density at radius 1 is 1.67 bits per heavy atom. The summed E-state index contributed by atoms with van der Waals surface area (Å²) in [5, 5.41) is 11.5. The number of hydrogen-bond acceptors (Lipinski definition) is 3. The van der Waals surface area contributed by atoms with E-state index < -0.39 is 0 Å². The topological polar surface area (TPSA) is 56.1 Å². The third-order valence-electron chi connectivity index (χ3n) is 2.77. The summed E-state index contributed by atoms with van der Waals surface area (Å²) in [6.07, 6.45) is 3.31. The molecule has 0 saturated heterocycles. The molecule has 15 heavy (non-hydrogen) atoms. The number of nitrogens with zero attached hydrogens (tertiary/aromatic N) is 2. The van der Waals surface area contributed by atoms with Crippen LogP contribution in [0.25, 0.3) is 0 Å². The van der Waals surface area contributed by atoms with Crippen LogP contribution in [0.2, 0.25) is 0 Å². The zero-order chi connectivity index (χ0) is 11.3. The van der Waals surface area contributed by atoms with Crippen LogP contribution < -0.4 is 5.32 Å². The van der Waals surface area contributed by atoms with Crippen LogP contribution in [0.4, 0.5) is 0 Å². The predicted octanol–water partition coefficient (Wildman–Crippen LogP) is 0.889. The van der Waals surface area contributed by atoms with Gasteiger partial charge in [0.05, 0.1) is 12.5 Å². The SMILES string of the molecule is CC(CC#N)N(C)CCC(=O)NC1CC1. The fraction of sp³-hybridized carbons (Fsp3) is 0.818. The standard InChI is InChI=1S/C11H19N3O/c1-9(5-7-12)14(2)8-6-11(15)13-10-3-4-10/h9-10H,3-6,8H2,1-2H3,(H,13,15). The van der Waals surface area contributed by atoms with Crippen LogP contribution in [0.5, 0.6) is 0 Å². The minimum absolute atomic E-state index is 0.133. The largest absolute Gasteiger partial charge is 0.353 e. The normalized spacial score (nSPS) is 17.2. The van der Waals surface area contributed by atoms with Gasteiger partial charge in [-0.1, -0.05) is 0 Å². The van der Waals surface area contributed by atoms with Crippen molar-refractivity contribution in [3.8, 4) is 6.07 Å². The maximum atomic E-state index is 11.4. The van der Waals surface area contributed by atoms with Crippen LogP contribution in [-0.4, -0.2) is 36.5 Å². The molecular weight excluding hydrogens is 190 g/mol. The Balaban J connectivity index is 2.11. The smallest absolute Gasteiger partial charge is 0.221 e. The van der Waals surface area contributed by atoms with Crippen molar-refractivity contribution in [1.29, 1.82) is 5.26 Å². The Morgan fingerprint density at radius 2 is 2.33 bits per heavy atom. The summed E-state index contributed by atoms with van der Waals surface area (Å²) in [5.74, 6) is 0.133. The number of amides is 1. The lowest BCUT2D eigenvalue weighted by molar-refractivity contribution is -0.121. The summed E-state index contributed by atoms with van der Waals surface area (Å²) < 4.78 is 0. The number of hydrogen-bond donors (Lipinski definition) is 1. The molecule has 0 radical (unpaired) electrons. The van der Waals surface area contributed by atoms with E-state index in [1.807, 2.05) is 14.0 Å². The molecule has 1 unspecified atom stereocenters. The summed E-state index contributed by atoms with van der Waals surface area (Å²) in [6.45, 7) is 2.73. The Bertz CT molecular complexity index is 255. The lowest BCUT2D eigenvalue weighted by Crippen LogP contribution is -2.34. The molecule has 84 valence electrons. The lowest BCUT2D eigenvalue weighted by Gasteiger charge is -2.21. The molecule has 1 rings (SSSR count). The first-order valence-corrected chi connectivity index (χ1v) is 5.50. The molecule has 1 amide bonds. The minimum atomic E-state index is 0.133. The van der Waals surface area contributed by atoms with Crippen molar-refractivity contribution in [1.82, 2.24) is 10.2 Å². The number of carbonyl (C=O) groups is 1. The molecule has 1 fully saturated rings.